The fourth-order valence-electron chi connectivity index (χ4n) is 4.51. The number of hydrogen-bond donors (Lipinski definition) is 0. The zero-order chi connectivity index (χ0) is 21.6. The highest BCUT2D eigenvalue weighted by atomic mass is 16.5. The lowest BCUT2D eigenvalue weighted by Gasteiger charge is -2.33. The van der Waals surface area contributed by atoms with Crippen LogP contribution in [0.15, 0.2) is 28.7 Å². The van der Waals surface area contributed by atoms with Crippen molar-refractivity contribution in [1.82, 2.24) is 4.98 Å². The van der Waals surface area contributed by atoms with Crippen molar-refractivity contribution < 1.29 is 13.9 Å². The molecule has 4 heterocycles. The minimum atomic E-state index is -0.0540. The smallest absolute Gasteiger partial charge is 0.204 e. The molecule has 0 bridgehead atoms. The van der Waals surface area contributed by atoms with E-state index in [2.05, 4.69) is 24.0 Å². The Balaban J connectivity index is 1.46. The van der Waals surface area contributed by atoms with Gasteiger partial charge in [0.1, 0.15) is 11.9 Å². The number of pyridine rings is 1. The second-order valence-electron chi connectivity index (χ2n) is 8.83. The Morgan fingerprint density at radius 1 is 1.16 bits per heavy atom. The maximum atomic E-state index is 12.4. The Kier molecular flexibility index (Phi) is 7.03. The van der Waals surface area contributed by atoms with Gasteiger partial charge in [-0.05, 0) is 68.2 Å². The molecule has 0 saturated carbocycles. The number of piperidine rings is 1. The minimum Gasteiger partial charge on any atom is -0.443 e. The fraction of sp³-hybridized carbons (Fsp3) is 0.560. The van der Waals surface area contributed by atoms with Gasteiger partial charge >= 0.3 is 0 Å². The molecule has 31 heavy (non-hydrogen) atoms. The van der Waals surface area contributed by atoms with Crippen LogP contribution in [0.5, 0.6) is 0 Å². The van der Waals surface area contributed by atoms with E-state index in [9.17, 15) is 4.79 Å². The number of carbonyl (C=O) groups excluding carboxylic acids is 1. The molecule has 0 spiro atoms. The van der Waals surface area contributed by atoms with Gasteiger partial charge in [-0.1, -0.05) is 13.0 Å². The maximum absolute atomic E-state index is 12.4. The van der Waals surface area contributed by atoms with Gasteiger partial charge in [-0.3, -0.25) is 4.79 Å². The molecular weight excluding hydrogens is 390 g/mol. The normalized spacial score (nSPS) is 18.1. The van der Waals surface area contributed by atoms with Gasteiger partial charge in [0.05, 0.1) is 0 Å². The zero-order valence-electron chi connectivity index (χ0n) is 18.3. The largest absolute Gasteiger partial charge is 0.443 e. The zero-order valence-corrected chi connectivity index (χ0v) is 18.3. The third kappa shape index (κ3) is 5.34. The lowest BCUT2D eigenvalue weighted by molar-refractivity contribution is 0.0845. The molecule has 2 aromatic heterocycles. The molecule has 0 unspecified atom stereocenters. The number of carbonyl (C=O) groups is 1. The molecule has 0 aliphatic carbocycles. The number of anilines is 1. The highest BCUT2D eigenvalue weighted by Crippen LogP contribution is 2.31. The summed E-state index contributed by atoms with van der Waals surface area (Å²) < 4.78 is 10.8. The molecule has 2 aliphatic rings. The summed E-state index contributed by atoms with van der Waals surface area (Å²) in [6.45, 7) is 6.03. The first-order chi connectivity index (χ1) is 15.1. The summed E-state index contributed by atoms with van der Waals surface area (Å²) in [5, 5.41) is 8.87. The molecule has 2 saturated heterocycles. The van der Waals surface area contributed by atoms with E-state index in [1.54, 1.807) is 12.1 Å². The molecular formula is C25H31N3O3. The number of aryl methyl sites for hydroxylation is 1. The lowest BCUT2D eigenvalue weighted by atomic mass is 9.94. The Bertz CT molecular complexity index is 932. The Morgan fingerprint density at radius 3 is 2.65 bits per heavy atom. The van der Waals surface area contributed by atoms with Crippen LogP contribution in [0.3, 0.4) is 0 Å². The van der Waals surface area contributed by atoms with Gasteiger partial charge in [-0.15, -0.1) is 0 Å². The molecule has 4 rings (SSSR count). The number of furan rings is 1. The number of hydrogen-bond acceptors (Lipinski definition) is 6. The van der Waals surface area contributed by atoms with Crippen molar-refractivity contribution >= 4 is 11.6 Å². The van der Waals surface area contributed by atoms with Crippen LogP contribution in [0.25, 0.3) is 0 Å². The van der Waals surface area contributed by atoms with Crippen LogP contribution >= 0.6 is 0 Å². The van der Waals surface area contributed by atoms with Gasteiger partial charge in [0.2, 0.25) is 5.76 Å². The predicted molar refractivity (Wildman–Crippen MR) is 118 cm³/mol. The molecule has 164 valence electrons. The number of nitriles is 1. The highest BCUT2D eigenvalue weighted by Gasteiger charge is 2.23. The van der Waals surface area contributed by atoms with Gasteiger partial charge in [-0.25, -0.2) is 4.98 Å². The van der Waals surface area contributed by atoms with Crippen LogP contribution < -0.4 is 4.90 Å². The Hall–Kier alpha value is -2.65. The maximum Gasteiger partial charge on any atom is 0.204 e. The molecule has 6 heteroatoms. The topological polar surface area (TPSA) is 79.4 Å². The minimum absolute atomic E-state index is 0.0540. The van der Waals surface area contributed by atoms with Crippen LogP contribution in [0, 0.1) is 17.2 Å². The molecule has 0 radical (unpaired) electrons. The van der Waals surface area contributed by atoms with E-state index in [-0.39, 0.29) is 17.3 Å². The van der Waals surface area contributed by atoms with Gasteiger partial charge in [0.25, 0.3) is 0 Å². The second-order valence-corrected chi connectivity index (χ2v) is 8.83. The lowest BCUT2D eigenvalue weighted by Crippen LogP contribution is -2.34. The van der Waals surface area contributed by atoms with Crippen LogP contribution in [0.1, 0.15) is 78.9 Å². The van der Waals surface area contributed by atoms with Crippen LogP contribution in [0.2, 0.25) is 0 Å². The molecule has 2 aliphatic heterocycles. The van der Waals surface area contributed by atoms with Gasteiger partial charge in [0, 0.05) is 44.3 Å². The van der Waals surface area contributed by atoms with E-state index in [0.29, 0.717) is 12.3 Å². The van der Waals surface area contributed by atoms with Crippen molar-refractivity contribution in [2.45, 2.75) is 57.8 Å². The number of nitrogens with zero attached hydrogens (tertiary/aromatic N) is 3. The van der Waals surface area contributed by atoms with Crippen molar-refractivity contribution in [2.75, 3.05) is 31.2 Å². The van der Waals surface area contributed by atoms with Crippen LogP contribution in [0.4, 0.5) is 5.82 Å². The van der Waals surface area contributed by atoms with Gasteiger partial charge in [0.15, 0.2) is 11.5 Å². The van der Waals surface area contributed by atoms with Crippen molar-refractivity contribution in [3.05, 3.63) is 47.0 Å². The van der Waals surface area contributed by atoms with E-state index in [1.165, 1.54) is 24.1 Å². The SMILES string of the molecule is CC1CCN(c2nc(C3CCOCC3)ccc2CCCC(=O)c2ccc(C#N)o2)CC1. The number of rotatable bonds is 7. The van der Waals surface area contributed by atoms with Gasteiger partial charge in [-0.2, -0.15) is 5.26 Å². The number of ether oxygens (including phenoxy) is 1. The second kappa shape index (κ2) is 10.1. The van der Waals surface area contributed by atoms with Crippen LogP contribution in [-0.4, -0.2) is 37.1 Å². The summed E-state index contributed by atoms with van der Waals surface area (Å²) in [6.07, 6.45) is 6.39. The van der Waals surface area contributed by atoms with Crippen LogP contribution in [-0.2, 0) is 11.2 Å². The number of aromatic nitrogens is 1. The van der Waals surface area contributed by atoms with Crippen molar-refractivity contribution in [3.63, 3.8) is 0 Å². The summed E-state index contributed by atoms with van der Waals surface area (Å²) in [6, 6.07) is 9.45. The molecule has 0 atom stereocenters. The average molecular weight is 422 g/mol. The first-order valence-corrected chi connectivity index (χ1v) is 11.5. The van der Waals surface area contributed by atoms with Gasteiger partial charge < -0.3 is 14.1 Å². The summed E-state index contributed by atoms with van der Waals surface area (Å²) >= 11 is 0. The standard InChI is InChI=1S/C25H31N3O3/c1-18-9-13-28(14-10-18)25-20(5-7-22(27-25)19-11-15-30-16-12-19)3-2-4-23(29)24-8-6-21(17-26)31-24/h5-8,18-19H,2-4,9-16H2,1H3. The van der Waals surface area contributed by atoms with Crippen molar-refractivity contribution in [2.24, 2.45) is 5.92 Å². The van der Waals surface area contributed by atoms with Crippen molar-refractivity contribution in [3.8, 4) is 6.07 Å². The summed E-state index contributed by atoms with van der Waals surface area (Å²) in [7, 11) is 0. The predicted octanol–water partition coefficient (Wildman–Crippen LogP) is 4.88. The van der Waals surface area contributed by atoms with E-state index in [4.69, 9.17) is 19.4 Å². The molecule has 0 aromatic carbocycles. The van der Waals surface area contributed by atoms with Crippen molar-refractivity contribution in [1.29, 1.82) is 5.26 Å². The quantitative estimate of drug-likeness (QED) is 0.593. The molecule has 0 N–H and O–H groups in total. The molecule has 6 nitrogen and oxygen atoms in total. The first kappa shape index (κ1) is 21.6. The fourth-order valence-corrected chi connectivity index (χ4v) is 4.51. The van der Waals surface area contributed by atoms with E-state index in [1.807, 2.05) is 6.07 Å². The third-order valence-electron chi connectivity index (χ3n) is 6.54. The average Bonchev–Trinajstić information content (AvgIpc) is 3.30. The summed E-state index contributed by atoms with van der Waals surface area (Å²) in [4.78, 5) is 20.0. The number of Topliss-reactive ketones (excluding diaryl/α,β-unsaturated/α-hetero) is 1. The number of ketones is 1. The monoisotopic (exact) mass is 421 g/mol. The summed E-state index contributed by atoms with van der Waals surface area (Å²) in [5.74, 6) is 2.74. The third-order valence-corrected chi connectivity index (χ3v) is 6.54. The molecule has 0 amide bonds. The van der Waals surface area contributed by atoms with E-state index < -0.39 is 0 Å². The van der Waals surface area contributed by atoms with E-state index >= 15 is 0 Å². The Morgan fingerprint density at radius 2 is 1.94 bits per heavy atom. The molecule has 2 aromatic rings. The Labute approximate surface area is 184 Å². The van der Waals surface area contributed by atoms with E-state index in [0.717, 1.165) is 63.7 Å². The summed E-state index contributed by atoms with van der Waals surface area (Å²) in [5.41, 5.74) is 2.40. The molecule has 2 fully saturated rings. The first-order valence-electron chi connectivity index (χ1n) is 11.5. The highest BCUT2D eigenvalue weighted by molar-refractivity contribution is 5.93.